The van der Waals surface area contributed by atoms with Crippen LogP contribution in [0.2, 0.25) is 0 Å². The molecule has 0 aromatic heterocycles. The summed E-state index contributed by atoms with van der Waals surface area (Å²) in [6.45, 7) is 5.17. The summed E-state index contributed by atoms with van der Waals surface area (Å²) in [6.07, 6.45) is -5.82. The molecular weight excluding hydrogens is 245 g/mol. The van der Waals surface area contributed by atoms with Crippen LogP contribution in [0, 0.1) is 0 Å². The minimum atomic E-state index is -4.49. The molecule has 2 nitrogen and oxygen atoms in total. The van der Waals surface area contributed by atoms with Gasteiger partial charge < -0.3 is 9.84 Å². The van der Waals surface area contributed by atoms with Crippen molar-refractivity contribution in [2.24, 2.45) is 0 Å². The van der Waals surface area contributed by atoms with E-state index >= 15 is 0 Å². The summed E-state index contributed by atoms with van der Waals surface area (Å²) in [5.41, 5.74) is -2.07. The monoisotopic (exact) mass is 262 g/mol. The van der Waals surface area contributed by atoms with E-state index in [-0.39, 0.29) is 5.56 Å². The maximum Gasteiger partial charge on any atom is 0.416 e. The number of ether oxygens (including phenoxy) is 1. The quantitative estimate of drug-likeness (QED) is 0.899. The molecule has 0 bridgehead atoms. The van der Waals surface area contributed by atoms with Crippen molar-refractivity contribution in [2.75, 3.05) is 6.61 Å². The summed E-state index contributed by atoms with van der Waals surface area (Å²) >= 11 is 0. The van der Waals surface area contributed by atoms with Crippen molar-refractivity contribution in [1.82, 2.24) is 0 Å². The van der Waals surface area contributed by atoms with Crippen LogP contribution in [-0.4, -0.2) is 17.3 Å². The van der Waals surface area contributed by atoms with Crippen molar-refractivity contribution in [3.63, 3.8) is 0 Å². The smallest absolute Gasteiger partial charge is 0.385 e. The molecule has 0 spiro atoms. The molecule has 1 unspecified atom stereocenters. The highest BCUT2D eigenvalue weighted by Gasteiger charge is 2.39. The fourth-order valence-electron chi connectivity index (χ4n) is 1.82. The van der Waals surface area contributed by atoms with Crippen molar-refractivity contribution < 1.29 is 23.0 Å². The molecule has 0 aliphatic rings. The minimum Gasteiger partial charge on any atom is -0.385 e. The maximum atomic E-state index is 12.8. The summed E-state index contributed by atoms with van der Waals surface area (Å²) in [5.74, 6) is 0. The van der Waals surface area contributed by atoms with Gasteiger partial charge in [-0.05, 0) is 32.4 Å². The Morgan fingerprint density at radius 1 is 1.22 bits per heavy atom. The summed E-state index contributed by atoms with van der Waals surface area (Å²) in [6, 6.07) is 5.00. The van der Waals surface area contributed by atoms with Crippen LogP contribution in [0.5, 0.6) is 0 Å². The first kappa shape index (κ1) is 15.0. The van der Waals surface area contributed by atoms with Crippen molar-refractivity contribution >= 4 is 0 Å². The van der Waals surface area contributed by atoms with Gasteiger partial charge in [0, 0.05) is 6.61 Å². The van der Waals surface area contributed by atoms with Gasteiger partial charge in [-0.2, -0.15) is 13.2 Å². The molecule has 0 aliphatic carbocycles. The molecule has 1 aromatic rings. The largest absolute Gasteiger partial charge is 0.416 e. The highest BCUT2D eigenvalue weighted by Crippen LogP contribution is 2.38. The Morgan fingerprint density at radius 3 is 2.28 bits per heavy atom. The molecule has 5 heteroatoms. The van der Waals surface area contributed by atoms with Crippen LogP contribution in [-0.2, 0) is 10.9 Å². The zero-order valence-corrected chi connectivity index (χ0v) is 10.6. The Bertz CT molecular complexity index is 399. The van der Waals surface area contributed by atoms with Crippen LogP contribution in [0.4, 0.5) is 13.2 Å². The van der Waals surface area contributed by atoms with Crippen molar-refractivity contribution in [2.45, 2.75) is 38.7 Å². The molecule has 0 aliphatic heterocycles. The molecule has 1 N–H and O–H groups in total. The first-order chi connectivity index (χ1) is 8.20. The number of hydrogen-bond acceptors (Lipinski definition) is 2. The fourth-order valence-corrected chi connectivity index (χ4v) is 1.82. The summed E-state index contributed by atoms with van der Waals surface area (Å²) in [5, 5.41) is 10.1. The van der Waals surface area contributed by atoms with E-state index in [1.165, 1.54) is 18.2 Å². The van der Waals surface area contributed by atoms with Gasteiger partial charge in [-0.25, -0.2) is 0 Å². The van der Waals surface area contributed by atoms with Gasteiger partial charge in [-0.3, -0.25) is 0 Å². The normalized spacial score (nSPS) is 14.6. The van der Waals surface area contributed by atoms with E-state index in [1.54, 1.807) is 20.8 Å². The standard InChI is InChI=1S/C13H17F3O2/c1-4-18-12(2,3)11(17)9-7-5-6-8-10(9)13(14,15)16/h5-8,11,17H,4H2,1-3H3. The first-order valence-corrected chi connectivity index (χ1v) is 5.68. The van der Waals surface area contributed by atoms with E-state index in [2.05, 4.69) is 0 Å². The Hall–Kier alpha value is -1.07. The average molecular weight is 262 g/mol. The van der Waals surface area contributed by atoms with Crippen LogP contribution >= 0.6 is 0 Å². The molecule has 1 rings (SSSR count). The number of halogens is 3. The van der Waals surface area contributed by atoms with Gasteiger partial charge in [-0.1, -0.05) is 18.2 Å². The lowest BCUT2D eigenvalue weighted by Gasteiger charge is -2.32. The third-order valence-electron chi connectivity index (χ3n) is 2.74. The van der Waals surface area contributed by atoms with Crippen LogP contribution in [0.25, 0.3) is 0 Å². The van der Waals surface area contributed by atoms with Gasteiger partial charge in [0.15, 0.2) is 0 Å². The van der Waals surface area contributed by atoms with E-state index < -0.39 is 23.4 Å². The lowest BCUT2D eigenvalue weighted by molar-refractivity contribution is -0.143. The molecule has 0 amide bonds. The van der Waals surface area contributed by atoms with Gasteiger partial charge in [0.2, 0.25) is 0 Å². The highest BCUT2D eigenvalue weighted by atomic mass is 19.4. The van der Waals surface area contributed by atoms with Gasteiger partial charge in [0.1, 0.15) is 6.10 Å². The number of aliphatic hydroxyl groups is 1. The van der Waals surface area contributed by atoms with E-state index in [0.29, 0.717) is 6.61 Å². The molecule has 0 saturated heterocycles. The van der Waals surface area contributed by atoms with Crippen molar-refractivity contribution in [3.05, 3.63) is 35.4 Å². The van der Waals surface area contributed by atoms with Gasteiger partial charge in [0.25, 0.3) is 0 Å². The van der Waals surface area contributed by atoms with Crippen molar-refractivity contribution in [1.29, 1.82) is 0 Å². The Balaban J connectivity index is 3.17. The average Bonchev–Trinajstić information content (AvgIpc) is 2.27. The number of hydrogen-bond donors (Lipinski definition) is 1. The summed E-state index contributed by atoms with van der Waals surface area (Å²) < 4.78 is 43.8. The topological polar surface area (TPSA) is 29.5 Å². The lowest BCUT2D eigenvalue weighted by Crippen LogP contribution is -2.34. The molecular formula is C13H17F3O2. The predicted molar refractivity (Wildman–Crippen MR) is 62.1 cm³/mol. The zero-order chi connectivity index (χ0) is 14.0. The van der Waals surface area contributed by atoms with Gasteiger partial charge in [0.05, 0.1) is 11.2 Å². The maximum absolute atomic E-state index is 12.8. The molecule has 0 radical (unpaired) electrons. The van der Waals surface area contributed by atoms with Gasteiger partial charge in [-0.15, -0.1) is 0 Å². The van der Waals surface area contributed by atoms with Crippen molar-refractivity contribution in [3.8, 4) is 0 Å². The van der Waals surface area contributed by atoms with Gasteiger partial charge >= 0.3 is 6.18 Å². The van der Waals surface area contributed by atoms with E-state index in [4.69, 9.17) is 4.74 Å². The third-order valence-corrected chi connectivity index (χ3v) is 2.74. The SMILES string of the molecule is CCOC(C)(C)C(O)c1ccccc1C(F)(F)F. The number of benzene rings is 1. The van der Waals surface area contributed by atoms with E-state index in [1.807, 2.05) is 0 Å². The molecule has 0 saturated carbocycles. The fraction of sp³-hybridized carbons (Fsp3) is 0.538. The van der Waals surface area contributed by atoms with Crippen LogP contribution in [0.15, 0.2) is 24.3 Å². The second kappa shape index (κ2) is 5.28. The lowest BCUT2D eigenvalue weighted by atomic mass is 9.91. The second-order valence-corrected chi connectivity index (χ2v) is 4.52. The summed E-state index contributed by atoms with van der Waals surface area (Å²) in [4.78, 5) is 0. The minimum absolute atomic E-state index is 0.163. The molecule has 102 valence electrons. The third kappa shape index (κ3) is 3.23. The number of rotatable bonds is 4. The molecule has 1 atom stereocenters. The second-order valence-electron chi connectivity index (χ2n) is 4.52. The van der Waals surface area contributed by atoms with Crippen LogP contribution in [0.3, 0.4) is 0 Å². The zero-order valence-electron chi connectivity index (χ0n) is 10.6. The molecule has 0 fully saturated rings. The predicted octanol–water partition coefficient (Wildman–Crippen LogP) is 3.55. The Labute approximate surface area is 104 Å². The summed E-state index contributed by atoms with van der Waals surface area (Å²) in [7, 11) is 0. The number of alkyl halides is 3. The molecule has 18 heavy (non-hydrogen) atoms. The number of aliphatic hydroxyl groups excluding tert-OH is 1. The van der Waals surface area contributed by atoms with Crippen LogP contribution in [0.1, 0.15) is 38.0 Å². The van der Waals surface area contributed by atoms with Crippen LogP contribution < -0.4 is 0 Å². The Kier molecular flexibility index (Phi) is 4.40. The van der Waals surface area contributed by atoms with E-state index in [0.717, 1.165) is 6.07 Å². The van der Waals surface area contributed by atoms with E-state index in [9.17, 15) is 18.3 Å². The highest BCUT2D eigenvalue weighted by molar-refractivity contribution is 5.32. The first-order valence-electron chi connectivity index (χ1n) is 5.68. The molecule has 0 heterocycles. The Morgan fingerprint density at radius 2 is 1.78 bits per heavy atom. The molecule has 1 aromatic carbocycles.